The zero-order valence-corrected chi connectivity index (χ0v) is 13.2. The number of likely N-dealkylation sites (tertiary alicyclic amines) is 1. The van der Waals surface area contributed by atoms with Gasteiger partial charge in [0.15, 0.2) is 0 Å². The van der Waals surface area contributed by atoms with Crippen LogP contribution >= 0.6 is 0 Å². The summed E-state index contributed by atoms with van der Waals surface area (Å²) in [5, 5.41) is 11.6. The van der Waals surface area contributed by atoms with Crippen LogP contribution in [0.1, 0.15) is 47.5 Å². The van der Waals surface area contributed by atoms with Gasteiger partial charge in [0.1, 0.15) is 18.2 Å². The summed E-state index contributed by atoms with van der Waals surface area (Å²) in [5.41, 5.74) is -1.18. The van der Waals surface area contributed by atoms with Crippen molar-refractivity contribution in [1.82, 2.24) is 10.2 Å². The van der Waals surface area contributed by atoms with E-state index in [-0.39, 0.29) is 6.54 Å². The topological polar surface area (TPSA) is 95.9 Å². The third-order valence-electron chi connectivity index (χ3n) is 3.33. The molecule has 0 aromatic rings. The summed E-state index contributed by atoms with van der Waals surface area (Å²) in [5.74, 6) is -1.44. The van der Waals surface area contributed by atoms with Crippen LogP contribution in [0.4, 0.5) is 4.79 Å². The number of carboxylic acid groups (broad SMARTS) is 1. The Morgan fingerprint density at radius 3 is 2.38 bits per heavy atom. The maximum atomic E-state index is 12.2. The lowest BCUT2D eigenvalue weighted by Crippen LogP contribution is -2.53. The van der Waals surface area contributed by atoms with E-state index in [1.165, 1.54) is 4.90 Å². The molecule has 1 rings (SSSR count). The monoisotopic (exact) mass is 300 g/mol. The molecule has 0 bridgehead atoms. The summed E-state index contributed by atoms with van der Waals surface area (Å²) in [7, 11) is 0. The number of rotatable bonds is 3. The Morgan fingerprint density at radius 1 is 1.33 bits per heavy atom. The molecule has 1 saturated heterocycles. The van der Waals surface area contributed by atoms with Crippen molar-refractivity contribution in [3.63, 3.8) is 0 Å². The molecule has 0 aliphatic carbocycles. The van der Waals surface area contributed by atoms with Crippen molar-refractivity contribution in [2.24, 2.45) is 0 Å². The SMILES string of the molecule is CC(C)(C)OC(=O)NCC(=O)N1[C@H](C(=O)O)CCC1(C)C. The number of nitrogens with zero attached hydrogens (tertiary/aromatic N) is 1. The van der Waals surface area contributed by atoms with Crippen LogP contribution in [0.15, 0.2) is 0 Å². The Kier molecular flexibility index (Phi) is 4.86. The first-order valence-electron chi connectivity index (χ1n) is 6.96. The summed E-state index contributed by atoms with van der Waals surface area (Å²) in [6.07, 6.45) is 0.336. The van der Waals surface area contributed by atoms with Crippen molar-refractivity contribution >= 4 is 18.0 Å². The number of carbonyl (C=O) groups excluding carboxylic acids is 2. The molecule has 2 N–H and O–H groups in total. The highest BCUT2D eigenvalue weighted by Crippen LogP contribution is 2.33. The molecule has 1 atom stereocenters. The Bertz CT molecular complexity index is 439. The molecular weight excluding hydrogens is 276 g/mol. The first kappa shape index (κ1) is 17.3. The minimum atomic E-state index is -1.02. The molecule has 0 spiro atoms. The van der Waals surface area contributed by atoms with Crippen LogP contribution in [0.2, 0.25) is 0 Å². The Labute approximate surface area is 124 Å². The third kappa shape index (κ3) is 4.61. The molecule has 1 aliphatic rings. The van der Waals surface area contributed by atoms with Crippen molar-refractivity contribution in [2.75, 3.05) is 6.54 Å². The number of nitrogens with one attached hydrogen (secondary N) is 1. The van der Waals surface area contributed by atoms with E-state index >= 15 is 0 Å². The molecule has 120 valence electrons. The molecule has 0 radical (unpaired) electrons. The van der Waals surface area contributed by atoms with Gasteiger partial charge in [-0.2, -0.15) is 0 Å². The number of carbonyl (C=O) groups is 3. The highest BCUT2D eigenvalue weighted by atomic mass is 16.6. The fraction of sp³-hybridized carbons (Fsp3) is 0.786. The smallest absolute Gasteiger partial charge is 0.408 e. The largest absolute Gasteiger partial charge is 0.480 e. The van der Waals surface area contributed by atoms with Gasteiger partial charge in [0.2, 0.25) is 5.91 Å². The second-order valence-electron chi connectivity index (χ2n) is 6.82. The average molecular weight is 300 g/mol. The van der Waals surface area contributed by atoms with Crippen LogP contribution in [-0.4, -0.2) is 51.7 Å². The van der Waals surface area contributed by atoms with E-state index in [0.29, 0.717) is 12.8 Å². The number of aliphatic carboxylic acids is 1. The van der Waals surface area contributed by atoms with Crippen molar-refractivity contribution < 1.29 is 24.2 Å². The predicted octanol–water partition coefficient (Wildman–Crippen LogP) is 1.37. The van der Waals surface area contributed by atoms with Crippen LogP contribution in [0.5, 0.6) is 0 Å². The Balaban J connectivity index is 2.65. The lowest BCUT2D eigenvalue weighted by Gasteiger charge is -2.34. The molecule has 0 aromatic carbocycles. The van der Waals surface area contributed by atoms with Gasteiger partial charge in [-0.1, -0.05) is 0 Å². The van der Waals surface area contributed by atoms with E-state index in [4.69, 9.17) is 4.74 Å². The summed E-state index contributed by atoms with van der Waals surface area (Å²) < 4.78 is 5.04. The Morgan fingerprint density at radius 2 is 1.90 bits per heavy atom. The summed E-state index contributed by atoms with van der Waals surface area (Å²) >= 11 is 0. The summed E-state index contributed by atoms with van der Waals surface area (Å²) in [6, 6.07) is -0.840. The molecule has 1 aliphatic heterocycles. The maximum absolute atomic E-state index is 12.2. The van der Waals surface area contributed by atoms with Crippen LogP contribution in [0.3, 0.4) is 0 Å². The molecule has 0 aromatic heterocycles. The highest BCUT2D eigenvalue weighted by Gasteiger charge is 2.45. The molecule has 7 nitrogen and oxygen atoms in total. The number of amides is 2. The van der Waals surface area contributed by atoms with Crippen molar-refractivity contribution in [1.29, 1.82) is 0 Å². The van der Waals surface area contributed by atoms with Gasteiger partial charge in [-0.05, 0) is 47.5 Å². The lowest BCUT2D eigenvalue weighted by atomic mass is 10.0. The second-order valence-corrected chi connectivity index (χ2v) is 6.82. The van der Waals surface area contributed by atoms with Crippen molar-refractivity contribution in [2.45, 2.75) is 64.6 Å². The van der Waals surface area contributed by atoms with Gasteiger partial charge in [0, 0.05) is 5.54 Å². The number of carboxylic acids is 1. The standard InChI is InChI=1S/C14H24N2O5/c1-13(2,3)21-12(20)15-8-10(17)16-9(11(18)19)6-7-14(16,4)5/h9H,6-8H2,1-5H3,(H,15,20)(H,18,19)/t9-/m0/s1. The van der Waals surface area contributed by atoms with E-state index in [1.807, 2.05) is 13.8 Å². The molecule has 0 unspecified atom stereocenters. The Hall–Kier alpha value is -1.79. The second kappa shape index (κ2) is 5.91. The van der Waals surface area contributed by atoms with Gasteiger partial charge < -0.3 is 20.1 Å². The average Bonchev–Trinajstić information content (AvgIpc) is 2.59. The molecule has 0 saturated carbocycles. The maximum Gasteiger partial charge on any atom is 0.408 e. The number of ether oxygens (including phenoxy) is 1. The molecule has 1 heterocycles. The third-order valence-corrected chi connectivity index (χ3v) is 3.33. The zero-order chi connectivity index (χ0) is 16.4. The van der Waals surface area contributed by atoms with Crippen molar-refractivity contribution in [3.8, 4) is 0 Å². The van der Waals surface area contributed by atoms with Gasteiger partial charge in [-0.25, -0.2) is 9.59 Å². The van der Waals surface area contributed by atoms with E-state index in [2.05, 4.69) is 5.32 Å². The quantitative estimate of drug-likeness (QED) is 0.820. The number of hydrogen-bond donors (Lipinski definition) is 2. The first-order valence-corrected chi connectivity index (χ1v) is 6.96. The van der Waals surface area contributed by atoms with Gasteiger partial charge in [0.25, 0.3) is 0 Å². The van der Waals surface area contributed by atoms with E-state index < -0.39 is 35.2 Å². The molecule has 1 fully saturated rings. The molecular formula is C14H24N2O5. The minimum Gasteiger partial charge on any atom is -0.480 e. The first-order chi connectivity index (χ1) is 9.44. The van der Waals surface area contributed by atoms with Crippen LogP contribution in [0, 0.1) is 0 Å². The van der Waals surface area contributed by atoms with Gasteiger partial charge in [0.05, 0.1) is 0 Å². The molecule has 2 amide bonds. The molecule has 21 heavy (non-hydrogen) atoms. The van der Waals surface area contributed by atoms with E-state index in [1.54, 1.807) is 20.8 Å². The van der Waals surface area contributed by atoms with Gasteiger partial charge in [-0.3, -0.25) is 4.79 Å². The lowest BCUT2D eigenvalue weighted by molar-refractivity contribution is -0.151. The normalized spacial score (nSPS) is 21.0. The van der Waals surface area contributed by atoms with Crippen LogP contribution < -0.4 is 5.32 Å². The molecule has 7 heteroatoms. The van der Waals surface area contributed by atoms with Gasteiger partial charge >= 0.3 is 12.1 Å². The summed E-state index contributed by atoms with van der Waals surface area (Å²) in [6.45, 7) is 8.53. The van der Waals surface area contributed by atoms with E-state index in [0.717, 1.165) is 0 Å². The highest BCUT2D eigenvalue weighted by molar-refractivity contribution is 5.88. The van der Waals surface area contributed by atoms with Gasteiger partial charge in [-0.15, -0.1) is 0 Å². The number of hydrogen-bond acceptors (Lipinski definition) is 4. The van der Waals surface area contributed by atoms with Crippen LogP contribution in [-0.2, 0) is 14.3 Å². The summed E-state index contributed by atoms with van der Waals surface area (Å²) in [4.78, 5) is 36.3. The fourth-order valence-electron chi connectivity index (χ4n) is 2.45. The van der Waals surface area contributed by atoms with Crippen LogP contribution in [0.25, 0.3) is 0 Å². The number of alkyl carbamates (subject to hydrolysis) is 1. The fourth-order valence-corrected chi connectivity index (χ4v) is 2.45. The van der Waals surface area contributed by atoms with Crippen molar-refractivity contribution in [3.05, 3.63) is 0 Å². The predicted molar refractivity (Wildman–Crippen MR) is 75.8 cm³/mol. The van der Waals surface area contributed by atoms with E-state index in [9.17, 15) is 19.5 Å². The minimum absolute atomic E-state index is 0.276. The zero-order valence-electron chi connectivity index (χ0n) is 13.2.